The summed E-state index contributed by atoms with van der Waals surface area (Å²) in [6.07, 6.45) is 1.26. The normalized spacial score (nSPS) is 15.8. The van der Waals surface area contributed by atoms with Crippen LogP contribution in [0.3, 0.4) is 0 Å². The van der Waals surface area contributed by atoms with E-state index >= 15 is 0 Å². The van der Waals surface area contributed by atoms with Crippen molar-refractivity contribution in [2.45, 2.75) is 23.7 Å². The molecule has 1 aliphatic rings. The fourth-order valence-corrected chi connectivity index (χ4v) is 5.87. The van der Waals surface area contributed by atoms with Gasteiger partial charge in [-0.25, -0.2) is 8.42 Å². The number of aromatic nitrogens is 2. The summed E-state index contributed by atoms with van der Waals surface area (Å²) < 4.78 is 39.1. The monoisotopic (exact) mass is 449 g/mol. The van der Waals surface area contributed by atoms with Crippen molar-refractivity contribution in [3.63, 3.8) is 0 Å². The zero-order valence-electron chi connectivity index (χ0n) is 17.6. The van der Waals surface area contributed by atoms with E-state index in [9.17, 15) is 8.42 Å². The van der Waals surface area contributed by atoms with Gasteiger partial charge in [-0.2, -0.15) is 9.29 Å². The number of sulfonamides is 1. The lowest BCUT2D eigenvalue weighted by atomic mass is 9.98. The zero-order chi connectivity index (χ0) is 22.1. The first-order valence-electron chi connectivity index (χ1n) is 10.5. The summed E-state index contributed by atoms with van der Waals surface area (Å²) in [6, 6.07) is 20.4. The lowest BCUT2D eigenvalue weighted by Gasteiger charge is -2.29. The maximum atomic E-state index is 13.4. The van der Waals surface area contributed by atoms with E-state index in [1.165, 1.54) is 0 Å². The fourth-order valence-electron chi connectivity index (χ4n) is 4.18. The molecule has 0 bridgehead atoms. The first kappa shape index (κ1) is 20.7. The van der Waals surface area contributed by atoms with Gasteiger partial charge in [0.25, 0.3) is 0 Å². The van der Waals surface area contributed by atoms with Crippen molar-refractivity contribution in [2.75, 3.05) is 20.2 Å². The number of ether oxygens (including phenoxy) is 1. The molecule has 0 amide bonds. The van der Waals surface area contributed by atoms with Crippen molar-refractivity contribution in [2.24, 2.45) is 0 Å². The van der Waals surface area contributed by atoms with Gasteiger partial charge in [-0.1, -0.05) is 53.7 Å². The highest BCUT2D eigenvalue weighted by atomic mass is 32.2. The van der Waals surface area contributed by atoms with Gasteiger partial charge in [-0.05, 0) is 36.4 Å². The van der Waals surface area contributed by atoms with Gasteiger partial charge < -0.3 is 9.26 Å². The summed E-state index contributed by atoms with van der Waals surface area (Å²) in [5, 5.41) is 5.78. The Morgan fingerprint density at radius 1 is 1.00 bits per heavy atom. The summed E-state index contributed by atoms with van der Waals surface area (Å²) in [4.78, 5) is 4.92. The summed E-state index contributed by atoms with van der Waals surface area (Å²) in [5.41, 5.74) is 0.815. The third-order valence-electron chi connectivity index (χ3n) is 5.94. The third kappa shape index (κ3) is 3.76. The molecule has 0 radical (unpaired) electrons. The van der Waals surface area contributed by atoms with Crippen LogP contribution < -0.4 is 4.74 Å². The molecule has 0 spiro atoms. The van der Waals surface area contributed by atoms with Gasteiger partial charge in [0.15, 0.2) is 0 Å². The molecule has 4 aromatic rings. The number of benzene rings is 3. The predicted octanol–water partition coefficient (Wildman–Crippen LogP) is 4.47. The Labute approximate surface area is 186 Å². The van der Waals surface area contributed by atoms with Crippen LogP contribution in [0, 0.1) is 0 Å². The van der Waals surface area contributed by atoms with E-state index in [0.29, 0.717) is 42.5 Å². The lowest BCUT2D eigenvalue weighted by Crippen LogP contribution is -2.38. The van der Waals surface area contributed by atoms with Crippen LogP contribution >= 0.6 is 0 Å². The Balaban J connectivity index is 1.32. The first-order chi connectivity index (χ1) is 15.6. The van der Waals surface area contributed by atoms with Gasteiger partial charge in [-0.3, -0.25) is 0 Å². The van der Waals surface area contributed by atoms with Crippen LogP contribution in [0.4, 0.5) is 0 Å². The van der Waals surface area contributed by atoms with Crippen molar-refractivity contribution in [3.05, 3.63) is 72.6 Å². The van der Waals surface area contributed by atoms with Crippen molar-refractivity contribution in [1.82, 2.24) is 14.4 Å². The molecule has 32 heavy (non-hydrogen) atoms. The smallest absolute Gasteiger partial charge is 0.243 e. The molecule has 1 fully saturated rings. The number of piperidine rings is 1. The van der Waals surface area contributed by atoms with Gasteiger partial charge >= 0.3 is 0 Å². The van der Waals surface area contributed by atoms with Gasteiger partial charge in [0.1, 0.15) is 5.75 Å². The molecule has 1 saturated heterocycles. The van der Waals surface area contributed by atoms with Crippen molar-refractivity contribution >= 4 is 20.8 Å². The van der Waals surface area contributed by atoms with Crippen LogP contribution in [0.1, 0.15) is 24.7 Å². The molecule has 164 valence electrons. The van der Waals surface area contributed by atoms with Gasteiger partial charge in [0.05, 0.1) is 12.0 Å². The molecule has 0 saturated carbocycles. The second-order valence-corrected chi connectivity index (χ2v) is 9.75. The molecular formula is C24H23N3O4S. The van der Waals surface area contributed by atoms with Gasteiger partial charge in [0, 0.05) is 30.0 Å². The predicted molar refractivity (Wildman–Crippen MR) is 121 cm³/mol. The van der Waals surface area contributed by atoms with E-state index in [4.69, 9.17) is 9.26 Å². The van der Waals surface area contributed by atoms with E-state index in [0.717, 1.165) is 22.1 Å². The molecule has 8 heteroatoms. The Hall–Kier alpha value is -3.23. The van der Waals surface area contributed by atoms with E-state index in [2.05, 4.69) is 10.1 Å². The number of methoxy groups -OCH3 is 1. The van der Waals surface area contributed by atoms with E-state index in [1.54, 1.807) is 23.5 Å². The van der Waals surface area contributed by atoms with E-state index in [1.807, 2.05) is 54.6 Å². The first-order valence-corrected chi connectivity index (χ1v) is 12.0. The minimum absolute atomic E-state index is 0.0285. The minimum atomic E-state index is -3.59. The maximum Gasteiger partial charge on any atom is 0.243 e. The van der Waals surface area contributed by atoms with Crippen LogP contribution in [-0.2, 0) is 10.0 Å². The molecule has 3 aromatic carbocycles. The van der Waals surface area contributed by atoms with Crippen LogP contribution in [0.15, 0.2) is 76.1 Å². The largest absolute Gasteiger partial charge is 0.497 e. The van der Waals surface area contributed by atoms with Crippen LogP contribution in [0.2, 0.25) is 0 Å². The Bertz CT molecular complexity index is 1350. The SMILES string of the molecule is COc1cccc(-c2noc(C3CCN(S(=O)(=O)c4cccc5ccccc45)CC3)n2)c1. The highest BCUT2D eigenvalue weighted by Gasteiger charge is 2.33. The Kier molecular flexibility index (Phi) is 5.40. The molecule has 0 N–H and O–H groups in total. The molecule has 7 nitrogen and oxygen atoms in total. The number of nitrogens with zero attached hydrogens (tertiary/aromatic N) is 3. The van der Waals surface area contributed by atoms with Crippen LogP contribution in [0.25, 0.3) is 22.2 Å². The second-order valence-electron chi connectivity index (χ2n) is 7.84. The van der Waals surface area contributed by atoms with E-state index in [-0.39, 0.29) is 5.92 Å². The summed E-state index contributed by atoms with van der Waals surface area (Å²) in [5.74, 6) is 1.80. The average Bonchev–Trinajstić information content (AvgIpc) is 3.34. The standard InChI is InChI=1S/C24H23N3O4S/c1-30-20-9-4-8-19(16-20)23-25-24(31-26-23)18-12-14-27(15-13-18)32(28,29)22-11-5-7-17-6-2-3-10-21(17)22/h2-11,16,18H,12-15H2,1H3. The summed E-state index contributed by atoms with van der Waals surface area (Å²) in [7, 11) is -1.97. The van der Waals surface area contributed by atoms with Crippen molar-refractivity contribution in [1.29, 1.82) is 0 Å². The molecule has 1 aliphatic heterocycles. The summed E-state index contributed by atoms with van der Waals surface area (Å²) in [6.45, 7) is 0.820. The maximum absolute atomic E-state index is 13.4. The van der Waals surface area contributed by atoms with Crippen LogP contribution in [0.5, 0.6) is 5.75 Å². The third-order valence-corrected chi connectivity index (χ3v) is 7.90. The van der Waals surface area contributed by atoms with Crippen molar-refractivity contribution < 1.29 is 17.7 Å². The molecule has 2 heterocycles. The quantitative estimate of drug-likeness (QED) is 0.447. The topological polar surface area (TPSA) is 85.5 Å². The molecule has 0 aliphatic carbocycles. The highest BCUT2D eigenvalue weighted by molar-refractivity contribution is 7.89. The zero-order valence-corrected chi connectivity index (χ0v) is 18.5. The van der Waals surface area contributed by atoms with Gasteiger partial charge in [-0.15, -0.1) is 0 Å². The minimum Gasteiger partial charge on any atom is -0.497 e. The number of rotatable bonds is 5. The molecule has 1 aromatic heterocycles. The fraction of sp³-hybridized carbons (Fsp3) is 0.250. The molecule has 0 unspecified atom stereocenters. The summed E-state index contributed by atoms with van der Waals surface area (Å²) >= 11 is 0. The Morgan fingerprint density at radius 3 is 2.56 bits per heavy atom. The van der Waals surface area contributed by atoms with Crippen LogP contribution in [-0.4, -0.2) is 43.1 Å². The number of fused-ring (bicyclic) bond motifs is 1. The van der Waals surface area contributed by atoms with E-state index < -0.39 is 10.0 Å². The molecule has 5 rings (SSSR count). The lowest BCUT2D eigenvalue weighted by molar-refractivity contribution is 0.271. The highest BCUT2D eigenvalue weighted by Crippen LogP contribution is 2.33. The Morgan fingerprint density at radius 2 is 1.75 bits per heavy atom. The number of hydrogen-bond donors (Lipinski definition) is 0. The van der Waals surface area contributed by atoms with Gasteiger partial charge in [0.2, 0.25) is 21.7 Å². The second kappa shape index (κ2) is 8.37. The molecular weight excluding hydrogens is 426 g/mol. The number of hydrogen-bond acceptors (Lipinski definition) is 6. The molecule has 0 atom stereocenters. The average molecular weight is 450 g/mol. The van der Waals surface area contributed by atoms with Crippen molar-refractivity contribution in [3.8, 4) is 17.1 Å².